The number of aromatic nitrogens is 7. The van der Waals surface area contributed by atoms with E-state index in [1.807, 2.05) is 188 Å². The number of carbonyl (C=O) groups is 2. The fraction of sp³-hybridized carbons (Fsp3) is 0.198. The SMILES string of the molecule is CCOc1ccc(-c2c(C#N)c3ccc(OC)cc3n2C)cc1.CCn1c(-c2ccc(OC)c(F)c2)c(C#N)c2ccc(OC)cc21.CCn1cc(-c2ncco2)c2ccc(C(=O)OC)cc21.CCn1cc(-c2nccs2)c2ccc(C(=O)OC)cc21.COc1ccc(-c2c(C#N)c3ccc(OC)cc3n2C)cc1. The lowest BCUT2D eigenvalue weighted by atomic mass is 10.1. The average molecular weight is 1480 g/mol. The van der Waals surface area contributed by atoms with Crippen molar-refractivity contribution in [3.8, 4) is 109 Å². The van der Waals surface area contributed by atoms with Gasteiger partial charge in [-0.2, -0.15) is 15.8 Å². The number of hydrogen-bond acceptors (Lipinski definition) is 17. The van der Waals surface area contributed by atoms with Gasteiger partial charge in [0.15, 0.2) is 11.6 Å². The standard InChI is InChI=1S/C19H17FN2O2.C19H18N2O2.C18H16N2O2.C15H14N2O3.C15H14N2O2S/c1-4-22-17-10-13(23-2)6-7-14(17)15(11-21)19(22)12-5-8-18(24-3)16(20)9-12;1-4-23-14-7-5-13(6-8-14)19-17(12-20)16-10-9-15(22-3)11-18(16)21(19)2;1-20-17-10-14(22-3)8-9-15(17)16(11-19)18(20)12-4-6-13(21-2)7-5-12;2*1-3-17-9-12(14-16-6-7-20-14)11-5-4-10(8-13(11)17)15(18)19-2/h5-10H,4H2,1-3H3;5-11H,4H2,1-3H3;4-10H,1-3H3;2*4-9H,3H2,1-2H3. The van der Waals surface area contributed by atoms with Gasteiger partial charge in [-0.25, -0.2) is 23.9 Å². The third-order valence-corrected chi connectivity index (χ3v) is 19.4. The molecule has 0 bridgehead atoms. The number of carbonyl (C=O) groups excluding carboxylic acids is 2. The molecule has 0 saturated carbocycles. The highest BCUT2D eigenvalue weighted by atomic mass is 32.1. The lowest BCUT2D eigenvalue weighted by Crippen LogP contribution is -2.01. The predicted octanol–water partition coefficient (Wildman–Crippen LogP) is 18.9. The van der Waals surface area contributed by atoms with E-state index in [9.17, 15) is 29.8 Å². The van der Waals surface area contributed by atoms with Gasteiger partial charge in [0.25, 0.3) is 0 Å². The van der Waals surface area contributed by atoms with Gasteiger partial charge in [-0.3, -0.25) is 0 Å². The number of benzene rings is 8. The Kier molecular flexibility index (Phi) is 24.3. The van der Waals surface area contributed by atoms with Gasteiger partial charge in [0, 0.05) is 125 Å². The number of hydrogen-bond donors (Lipinski definition) is 0. The van der Waals surface area contributed by atoms with E-state index in [1.165, 1.54) is 27.4 Å². The number of esters is 2. The van der Waals surface area contributed by atoms with Crippen LogP contribution in [0, 0.1) is 39.8 Å². The summed E-state index contributed by atoms with van der Waals surface area (Å²) in [5.74, 6) is 3.54. The Balaban J connectivity index is 0.000000136. The van der Waals surface area contributed by atoms with Gasteiger partial charge < -0.3 is 65.1 Å². The molecule has 0 atom stereocenters. The molecule has 21 nitrogen and oxygen atoms in total. The van der Waals surface area contributed by atoms with Crippen molar-refractivity contribution in [2.45, 2.75) is 47.3 Å². The zero-order valence-electron chi connectivity index (χ0n) is 62.6. The molecule has 15 aromatic rings. The van der Waals surface area contributed by atoms with Crippen LogP contribution in [0.4, 0.5) is 4.39 Å². The molecule has 8 aromatic carbocycles. The second-order valence-electron chi connectivity index (χ2n) is 24.3. The number of fused-ring (bicyclic) bond motifs is 5. The molecule has 552 valence electrons. The van der Waals surface area contributed by atoms with Crippen molar-refractivity contribution >= 4 is 77.8 Å². The smallest absolute Gasteiger partial charge is 0.337 e. The lowest BCUT2D eigenvalue weighted by Gasteiger charge is -2.10. The number of thiazole rings is 1. The number of halogens is 1. The minimum Gasteiger partial charge on any atom is -0.497 e. The summed E-state index contributed by atoms with van der Waals surface area (Å²) >= 11 is 1.61. The molecular weight excluding hydrogens is 1400 g/mol. The first-order chi connectivity index (χ1) is 53.0. The number of nitrogens with zero attached hydrogens (tertiary/aromatic N) is 10. The van der Waals surface area contributed by atoms with Crippen LogP contribution in [0.2, 0.25) is 0 Å². The molecule has 0 aliphatic rings. The van der Waals surface area contributed by atoms with E-state index in [-0.39, 0.29) is 17.7 Å². The monoisotopic (exact) mass is 1480 g/mol. The van der Waals surface area contributed by atoms with Gasteiger partial charge in [-0.05, 0) is 166 Å². The lowest BCUT2D eigenvalue weighted by molar-refractivity contribution is 0.0592. The third kappa shape index (κ3) is 15.6. The van der Waals surface area contributed by atoms with Crippen LogP contribution in [0.5, 0.6) is 34.5 Å². The van der Waals surface area contributed by atoms with E-state index >= 15 is 0 Å². The molecule has 0 spiro atoms. The highest BCUT2D eigenvalue weighted by molar-refractivity contribution is 7.13. The summed E-state index contributed by atoms with van der Waals surface area (Å²) in [6.45, 7) is 11.0. The Morgan fingerprint density at radius 3 is 1.34 bits per heavy atom. The topological polar surface area (TPSA) is 243 Å². The minimum atomic E-state index is -0.454. The van der Waals surface area contributed by atoms with Crippen molar-refractivity contribution in [3.63, 3.8) is 0 Å². The summed E-state index contributed by atoms with van der Waals surface area (Å²) in [7, 11) is 14.6. The van der Waals surface area contributed by atoms with Gasteiger partial charge in [0.05, 0.1) is 130 Å². The maximum atomic E-state index is 14.1. The third-order valence-electron chi connectivity index (χ3n) is 18.6. The van der Waals surface area contributed by atoms with Crippen LogP contribution in [0.15, 0.2) is 199 Å². The summed E-state index contributed by atoms with van der Waals surface area (Å²) in [6, 6.07) is 55.4. The maximum absolute atomic E-state index is 14.1. The van der Waals surface area contributed by atoms with E-state index < -0.39 is 5.82 Å². The first kappa shape index (κ1) is 76.6. The molecule has 0 unspecified atom stereocenters. The van der Waals surface area contributed by atoms with Crippen LogP contribution in [0.1, 0.15) is 65.1 Å². The zero-order valence-corrected chi connectivity index (χ0v) is 63.4. The summed E-state index contributed by atoms with van der Waals surface area (Å²) in [6.07, 6.45) is 9.04. The van der Waals surface area contributed by atoms with Crippen LogP contribution < -0.4 is 28.4 Å². The van der Waals surface area contributed by atoms with E-state index in [0.29, 0.717) is 63.9 Å². The Morgan fingerprint density at radius 1 is 0.468 bits per heavy atom. The van der Waals surface area contributed by atoms with Gasteiger partial charge in [0.2, 0.25) is 5.89 Å². The Bertz CT molecular complexity index is 5780. The van der Waals surface area contributed by atoms with E-state index in [0.717, 1.165) is 129 Å². The summed E-state index contributed by atoms with van der Waals surface area (Å²) in [5, 5.41) is 36.7. The number of ether oxygens (including phenoxy) is 8. The van der Waals surface area contributed by atoms with Crippen LogP contribution >= 0.6 is 11.3 Å². The summed E-state index contributed by atoms with van der Waals surface area (Å²) in [5.41, 5.74) is 14.9. The highest BCUT2D eigenvalue weighted by Gasteiger charge is 2.23. The van der Waals surface area contributed by atoms with Crippen LogP contribution in [-0.4, -0.2) is 101 Å². The van der Waals surface area contributed by atoms with Crippen molar-refractivity contribution in [2.24, 2.45) is 14.1 Å². The van der Waals surface area contributed by atoms with Crippen molar-refractivity contribution in [1.29, 1.82) is 15.8 Å². The minimum absolute atomic E-state index is 0.179. The van der Waals surface area contributed by atoms with Gasteiger partial charge in [-0.15, -0.1) is 11.3 Å². The largest absolute Gasteiger partial charge is 0.497 e. The van der Waals surface area contributed by atoms with Crippen molar-refractivity contribution in [2.75, 3.05) is 56.4 Å². The first-order valence-corrected chi connectivity index (χ1v) is 35.6. The van der Waals surface area contributed by atoms with E-state index in [1.54, 1.807) is 82.7 Å². The number of nitriles is 3. The van der Waals surface area contributed by atoms with E-state index in [4.69, 9.17) is 42.3 Å². The molecule has 0 saturated heterocycles. The molecule has 0 aliphatic heterocycles. The molecule has 7 aromatic heterocycles. The molecule has 109 heavy (non-hydrogen) atoms. The number of methoxy groups -OCH3 is 7. The van der Waals surface area contributed by atoms with Crippen LogP contribution in [0.3, 0.4) is 0 Å². The number of oxazole rings is 1. The van der Waals surface area contributed by atoms with Crippen molar-refractivity contribution in [1.82, 2.24) is 32.8 Å². The second-order valence-corrected chi connectivity index (χ2v) is 25.2. The quantitative estimate of drug-likeness (QED) is 0.0769. The molecule has 0 fully saturated rings. The van der Waals surface area contributed by atoms with Crippen LogP contribution in [0.25, 0.3) is 110 Å². The number of rotatable bonds is 17. The Hall–Kier alpha value is -13.6. The summed E-state index contributed by atoms with van der Waals surface area (Å²) < 4.78 is 70.8. The zero-order chi connectivity index (χ0) is 77.6. The van der Waals surface area contributed by atoms with Gasteiger partial charge in [-0.1, -0.05) is 12.1 Å². The Labute approximate surface area is 633 Å². The average Bonchev–Trinajstić information content (AvgIpc) is 1.62. The first-order valence-electron chi connectivity index (χ1n) is 34.7. The molecule has 0 amide bonds. The molecule has 0 radical (unpaired) electrons. The second kappa shape index (κ2) is 34.6. The molecular formula is C86H79FN10O11S. The van der Waals surface area contributed by atoms with E-state index in [2.05, 4.69) is 50.4 Å². The maximum Gasteiger partial charge on any atom is 0.337 e. The fourth-order valence-electron chi connectivity index (χ4n) is 13.3. The highest BCUT2D eigenvalue weighted by Crippen LogP contribution is 2.40. The molecule has 15 rings (SSSR count). The molecule has 0 N–H and O–H groups in total. The molecule has 0 aliphatic carbocycles. The Morgan fingerprint density at radius 2 is 0.917 bits per heavy atom. The predicted molar refractivity (Wildman–Crippen MR) is 422 cm³/mol. The molecule has 23 heteroatoms. The normalized spacial score (nSPS) is 10.7. The number of aryl methyl sites for hydroxylation is 5. The van der Waals surface area contributed by atoms with Crippen LogP contribution in [-0.2, 0) is 43.2 Å². The summed E-state index contributed by atoms with van der Waals surface area (Å²) in [4.78, 5) is 31.8. The van der Waals surface area contributed by atoms with Gasteiger partial charge >= 0.3 is 11.9 Å². The van der Waals surface area contributed by atoms with Crippen molar-refractivity contribution < 1.29 is 56.3 Å². The van der Waals surface area contributed by atoms with Gasteiger partial charge in [0.1, 0.15) is 58.2 Å². The molecule has 7 heterocycles. The van der Waals surface area contributed by atoms with Crippen molar-refractivity contribution in [3.05, 3.63) is 228 Å². The fourth-order valence-corrected chi connectivity index (χ4v) is 13.9.